The van der Waals surface area contributed by atoms with Gasteiger partial charge in [-0.3, -0.25) is 14.4 Å². The molecule has 402 valence electrons. The number of hydrogen-bond acceptors (Lipinski definition) is 6. The molecule has 0 fully saturated rings. The van der Waals surface area contributed by atoms with Crippen molar-refractivity contribution in [2.75, 3.05) is 13.2 Å². The topological polar surface area (TPSA) is 78.9 Å². The Morgan fingerprint density at radius 3 is 0.914 bits per heavy atom. The van der Waals surface area contributed by atoms with E-state index >= 15 is 0 Å². The predicted molar refractivity (Wildman–Crippen MR) is 302 cm³/mol. The first-order valence-electron chi connectivity index (χ1n) is 29.6. The van der Waals surface area contributed by atoms with E-state index in [1.165, 1.54) is 128 Å². The van der Waals surface area contributed by atoms with Gasteiger partial charge in [-0.25, -0.2) is 0 Å². The minimum absolute atomic E-state index is 0.0875. The highest BCUT2D eigenvalue weighted by molar-refractivity contribution is 5.71. The molecule has 0 heterocycles. The van der Waals surface area contributed by atoms with Crippen molar-refractivity contribution in [1.82, 2.24) is 0 Å². The van der Waals surface area contributed by atoms with Crippen LogP contribution >= 0.6 is 0 Å². The summed E-state index contributed by atoms with van der Waals surface area (Å²) < 4.78 is 16.9. The van der Waals surface area contributed by atoms with Crippen LogP contribution in [0.2, 0.25) is 0 Å². The van der Waals surface area contributed by atoms with Crippen LogP contribution in [0.1, 0.15) is 284 Å². The van der Waals surface area contributed by atoms with Crippen LogP contribution in [0.4, 0.5) is 0 Å². The molecule has 0 saturated heterocycles. The molecule has 1 unspecified atom stereocenters. The number of allylic oxidation sites excluding steroid dienone is 14. The zero-order valence-corrected chi connectivity index (χ0v) is 46.0. The van der Waals surface area contributed by atoms with Gasteiger partial charge in [0.05, 0.1) is 0 Å². The average Bonchev–Trinajstić information content (AvgIpc) is 3.36. The van der Waals surface area contributed by atoms with Crippen molar-refractivity contribution in [1.29, 1.82) is 0 Å². The van der Waals surface area contributed by atoms with Crippen molar-refractivity contribution in [3.8, 4) is 0 Å². The summed E-state index contributed by atoms with van der Waals surface area (Å²) in [5.41, 5.74) is 0. The van der Waals surface area contributed by atoms with E-state index in [4.69, 9.17) is 14.2 Å². The van der Waals surface area contributed by atoms with E-state index in [9.17, 15) is 14.4 Å². The summed E-state index contributed by atoms with van der Waals surface area (Å²) >= 11 is 0. The molecule has 0 radical (unpaired) electrons. The van der Waals surface area contributed by atoms with Gasteiger partial charge in [0.2, 0.25) is 0 Å². The van der Waals surface area contributed by atoms with Crippen LogP contribution in [-0.4, -0.2) is 37.2 Å². The van der Waals surface area contributed by atoms with Gasteiger partial charge < -0.3 is 14.2 Å². The second kappa shape index (κ2) is 58.2. The van der Waals surface area contributed by atoms with E-state index in [-0.39, 0.29) is 31.1 Å². The Balaban J connectivity index is 4.39. The average molecular weight is 976 g/mol. The highest BCUT2D eigenvalue weighted by Gasteiger charge is 2.19. The lowest BCUT2D eigenvalue weighted by Gasteiger charge is -2.18. The number of rotatable bonds is 53. The Morgan fingerprint density at radius 2 is 0.557 bits per heavy atom. The van der Waals surface area contributed by atoms with E-state index in [1.807, 2.05) is 0 Å². The van der Waals surface area contributed by atoms with E-state index in [0.29, 0.717) is 19.3 Å². The third-order valence-electron chi connectivity index (χ3n) is 12.6. The maximum atomic E-state index is 12.9. The molecule has 0 aromatic heterocycles. The van der Waals surface area contributed by atoms with Crippen molar-refractivity contribution in [2.45, 2.75) is 290 Å². The van der Waals surface area contributed by atoms with Crippen LogP contribution in [0, 0.1) is 0 Å². The van der Waals surface area contributed by atoms with Crippen molar-refractivity contribution >= 4 is 17.9 Å². The minimum Gasteiger partial charge on any atom is -0.462 e. The largest absolute Gasteiger partial charge is 0.462 e. The number of ether oxygens (including phenoxy) is 3. The monoisotopic (exact) mass is 975 g/mol. The molecular formula is C64H110O6. The van der Waals surface area contributed by atoms with Gasteiger partial charge in [0.15, 0.2) is 6.10 Å². The van der Waals surface area contributed by atoms with Crippen LogP contribution in [0.5, 0.6) is 0 Å². The van der Waals surface area contributed by atoms with E-state index < -0.39 is 6.10 Å². The lowest BCUT2D eigenvalue weighted by molar-refractivity contribution is -0.167. The summed E-state index contributed by atoms with van der Waals surface area (Å²) in [5.74, 6) is -0.910. The van der Waals surface area contributed by atoms with Crippen molar-refractivity contribution in [2.24, 2.45) is 0 Å². The molecule has 0 aliphatic carbocycles. The number of carbonyl (C=O) groups excluding carboxylic acids is 3. The van der Waals surface area contributed by atoms with Gasteiger partial charge in [-0.2, -0.15) is 0 Å². The Morgan fingerprint density at radius 1 is 0.300 bits per heavy atom. The molecule has 0 rings (SSSR count). The highest BCUT2D eigenvalue weighted by atomic mass is 16.6. The maximum Gasteiger partial charge on any atom is 0.306 e. The molecule has 0 amide bonds. The fraction of sp³-hybridized carbons (Fsp3) is 0.734. The molecule has 1 atom stereocenters. The minimum atomic E-state index is -0.790. The maximum absolute atomic E-state index is 12.9. The first-order chi connectivity index (χ1) is 34.5. The highest BCUT2D eigenvalue weighted by Crippen LogP contribution is 2.15. The molecule has 6 heteroatoms. The lowest BCUT2D eigenvalue weighted by Crippen LogP contribution is -2.30. The Hall–Kier alpha value is -3.41. The van der Waals surface area contributed by atoms with Crippen molar-refractivity contribution < 1.29 is 28.6 Å². The molecule has 0 saturated carbocycles. The van der Waals surface area contributed by atoms with Gasteiger partial charge in [-0.05, 0) is 116 Å². The van der Waals surface area contributed by atoms with Gasteiger partial charge in [-0.15, -0.1) is 0 Å². The van der Waals surface area contributed by atoms with Crippen LogP contribution in [-0.2, 0) is 28.6 Å². The van der Waals surface area contributed by atoms with Crippen LogP contribution < -0.4 is 0 Å². The van der Waals surface area contributed by atoms with Crippen LogP contribution in [0.15, 0.2) is 85.1 Å². The van der Waals surface area contributed by atoms with Crippen molar-refractivity contribution in [3.05, 3.63) is 85.1 Å². The molecule has 0 bridgehead atoms. The van der Waals surface area contributed by atoms with E-state index in [2.05, 4.69) is 106 Å². The fourth-order valence-corrected chi connectivity index (χ4v) is 8.16. The molecule has 70 heavy (non-hydrogen) atoms. The SMILES string of the molecule is CC/C=C\C/C=C\C/C=C\C/C=C\C/C=C\CCCCCCCC(=O)OCC(COC(=O)CCCCCCC/C=C\CCCCC)OC(=O)CCCCCCCCCCC/C=C\CCCCCCCC. The van der Waals surface area contributed by atoms with Crippen LogP contribution in [0.25, 0.3) is 0 Å². The third kappa shape index (κ3) is 55.5. The fourth-order valence-electron chi connectivity index (χ4n) is 8.16. The quantitative estimate of drug-likeness (QED) is 0.0261. The molecule has 0 aliphatic rings. The van der Waals surface area contributed by atoms with Crippen molar-refractivity contribution in [3.63, 3.8) is 0 Å². The number of unbranched alkanes of at least 4 members (excludes halogenated alkanes) is 28. The molecule has 0 spiro atoms. The molecule has 6 nitrogen and oxygen atoms in total. The summed E-state index contributed by atoms with van der Waals surface area (Å²) in [7, 11) is 0. The van der Waals surface area contributed by atoms with E-state index in [0.717, 1.165) is 116 Å². The summed E-state index contributed by atoms with van der Waals surface area (Å²) in [4.78, 5) is 38.2. The summed E-state index contributed by atoms with van der Waals surface area (Å²) in [6, 6.07) is 0. The normalized spacial score (nSPS) is 12.7. The van der Waals surface area contributed by atoms with E-state index in [1.54, 1.807) is 0 Å². The summed E-state index contributed by atoms with van der Waals surface area (Å²) in [6.07, 6.45) is 75.7. The number of carbonyl (C=O) groups is 3. The van der Waals surface area contributed by atoms with Gasteiger partial charge >= 0.3 is 17.9 Å². The summed E-state index contributed by atoms with van der Waals surface area (Å²) in [5, 5.41) is 0. The third-order valence-corrected chi connectivity index (χ3v) is 12.6. The second-order valence-electron chi connectivity index (χ2n) is 19.5. The molecule has 0 aromatic carbocycles. The number of esters is 3. The zero-order valence-electron chi connectivity index (χ0n) is 46.0. The first-order valence-corrected chi connectivity index (χ1v) is 29.6. The molecule has 0 N–H and O–H groups in total. The van der Waals surface area contributed by atoms with Gasteiger partial charge in [0.1, 0.15) is 13.2 Å². The predicted octanol–water partition coefficient (Wildman–Crippen LogP) is 19.9. The smallest absolute Gasteiger partial charge is 0.306 e. The number of hydrogen-bond donors (Lipinski definition) is 0. The van der Waals surface area contributed by atoms with Crippen LogP contribution in [0.3, 0.4) is 0 Å². The Bertz CT molecular complexity index is 1350. The summed E-state index contributed by atoms with van der Waals surface area (Å²) in [6.45, 7) is 6.49. The van der Waals surface area contributed by atoms with Gasteiger partial charge in [-0.1, -0.05) is 234 Å². The Labute approximate surface area is 433 Å². The second-order valence-corrected chi connectivity index (χ2v) is 19.5. The molecular weight excluding hydrogens is 865 g/mol. The van der Waals surface area contributed by atoms with Gasteiger partial charge in [0.25, 0.3) is 0 Å². The first kappa shape index (κ1) is 66.6. The standard InChI is InChI=1S/C64H110O6/c1-4-7-10-13-16-19-22-25-27-29-31-32-34-35-37-39-42-45-48-51-54-57-63(66)69-60-61(59-68-62(65)56-53-50-47-44-41-24-21-18-15-12-9-6-3)70-64(67)58-55-52-49-46-43-40-38-36-33-30-28-26-23-20-17-14-11-8-5-2/h7,10,16,18-19,21,25-28,31-32,35,37,61H,4-6,8-9,11-15,17,20,22-24,29-30,33-34,36,38-60H2,1-3H3/b10-7-,19-16-,21-18-,27-25-,28-26-,32-31-,37-35-. The zero-order chi connectivity index (χ0) is 50.7. The molecule has 0 aliphatic heterocycles. The van der Waals surface area contributed by atoms with Gasteiger partial charge in [0, 0.05) is 19.3 Å². The lowest BCUT2D eigenvalue weighted by atomic mass is 10.1. The Kier molecular flexibility index (Phi) is 55.3. The molecule has 0 aromatic rings.